The zero-order valence-electron chi connectivity index (χ0n) is 88.8. The number of cyclic esters (lactones) is 3. The van der Waals surface area contributed by atoms with E-state index in [9.17, 15) is 101 Å². The Morgan fingerprint density at radius 1 is 0.493 bits per heavy atom. The number of allylic oxidation sites excluding steroid dienone is 2. The highest BCUT2D eigenvalue weighted by Gasteiger charge is 2.76. The SMILES string of the molecule is CC1[C@@H]2C(=O)N(C)C(=O)[C@]12C.CC1[C@@H]2C(=O)OC(=O)[C@]12C.CC1[C@@H]2COC(=O)[C@]12C.CC=CCOC(=O)C(C)=[N+]=[N-].CC=CCOC(=O)CC.C[B]NC(=O)[C@H]1C(C)[C@@]1(C)C(C)=O.C[B]NC(=O)[C@]1(C)C(C)[C@@H]1C(C)=O.[2H]N1C(=O)[C@H]2C(C)[C@@]2(C)C1=O.[2H][N-]C(=O)[C@H]1C(C)[C@@]1(C)C(=O)N[B]C.[2H][N-]C(=O)[C@H]1C(C)[C@@]1(C)C(C)=O.[2H][N-]C(=O)[C@]1(C)C(C)[C@@H]1C(=O)N[B]C.[2H][N-]C(=O)[C@]1(C)C(C)[C@@H]1C(C)=O. The molecule has 30 atom stereocenters. The molecular formula is C93H140B4N12O25-4. The second-order valence-electron chi connectivity index (χ2n) is 39.1. The Labute approximate surface area is 798 Å². The maximum Gasteiger partial charge on any atom is 0.416 e. The maximum absolute atomic E-state index is 11.6. The normalized spacial score (nSPS) is 38.1. The van der Waals surface area contributed by atoms with Gasteiger partial charge in [-0.15, -0.1) is 5.65 Å². The lowest BCUT2D eigenvalue weighted by atomic mass is 9.95. The van der Waals surface area contributed by atoms with Crippen LogP contribution in [0.1, 0.15) is 200 Å². The van der Waals surface area contributed by atoms with Crippen molar-refractivity contribution in [3.05, 3.63) is 52.7 Å². The van der Waals surface area contributed by atoms with E-state index in [0.717, 1.165) is 0 Å². The fraction of sp³-hybridized carbons (Fsp3) is 0.720. The zero-order valence-corrected chi connectivity index (χ0v) is 83.8. The van der Waals surface area contributed by atoms with E-state index >= 15 is 0 Å². The van der Waals surface area contributed by atoms with Gasteiger partial charge >= 0.3 is 35.6 Å². The van der Waals surface area contributed by atoms with Crippen molar-refractivity contribution in [2.24, 2.45) is 173 Å². The van der Waals surface area contributed by atoms with Crippen LogP contribution >= 0.6 is 0 Å². The van der Waals surface area contributed by atoms with Crippen molar-refractivity contribution in [3.63, 3.8) is 0 Å². The molecule has 0 spiro atoms. The number of piperidine rings is 2. The summed E-state index contributed by atoms with van der Waals surface area (Å²) in [7, 11) is 7.85. The molecule has 14 aliphatic rings. The van der Waals surface area contributed by atoms with Gasteiger partial charge in [0, 0.05) is 71.6 Å². The number of nitrogens with one attached hydrogen (secondary N) is 9. The molecule has 0 aromatic carbocycles. The van der Waals surface area contributed by atoms with E-state index in [-0.39, 0.29) is 218 Å². The van der Waals surface area contributed by atoms with Crippen molar-refractivity contribution >= 4 is 159 Å². The maximum atomic E-state index is 11.6. The lowest BCUT2D eigenvalue weighted by Crippen LogP contribution is -2.34. The molecule has 10 unspecified atom stereocenters. The Morgan fingerprint density at radius 3 is 1.15 bits per heavy atom. The number of rotatable bonds is 22. The highest BCUT2D eigenvalue weighted by atomic mass is 16.6. The number of esters is 5. The van der Waals surface area contributed by atoms with Gasteiger partial charge in [0.15, 0.2) is 1.41 Å². The highest BCUT2D eigenvalue weighted by molar-refractivity contribution is 6.37. The second kappa shape index (κ2) is 44.9. The summed E-state index contributed by atoms with van der Waals surface area (Å²) in [6.45, 7) is 58.2. The van der Waals surface area contributed by atoms with Crippen molar-refractivity contribution in [3.8, 4) is 0 Å². The fourth-order valence-electron chi connectivity index (χ4n) is 19.6. The molecule has 4 aliphatic heterocycles. The minimum atomic E-state index is -0.769. The Hall–Kier alpha value is -10.6. The van der Waals surface area contributed by atoms with Gasteiger partial charge in [0.1, 0.15) is 36.3 Å². The van der Waals surface area contributed by atoms with Gasteiger partial charge in [-0.3, -0.25) is 86.9 Å². The first kappa shape index (κ1) is 109. The number of amides is 12. The number of imide groups is 2. The number of Topliss-reactive ketones (excluding diaryl/α,β-unsaturated/α-hetero) is 4. The number of likely N-dealkylation sites (tertiary alicyclic amines) is 1. The van der Waals surface area contributed by atoms with Crippen LogP contribution in [0, 0.1) is 173 Å². The summed E-state index contributed by atoms with van der Waals surface area (Å²) in [6.07, 6.45) is 7.55. The monoisotopic (exact) mass is 1870 g/mol. The number of nitrogens with zero attached hydrogens (tertiary/aromatic N) is 3. The average Bonchev–Trinajstić information content (AvgIpc) is 1.49. The van der Waals surface area contributed by atoms with Gasteiger partial charge < -0.3 is 87.5 Å². The lowest BCUT2D eigenvalue weighted by molar-refractivity contribution is -0.158. The molecule has 10 saturated carbocycles. The molecule has 738 valence electrons. The summed E-state index contributed by atoms with van der Waals surface area (Å²) in [5.74, 6) is -4.09. The summed E-state index contributed by atoms with van der Waals surface area (Å²) in [4.78, 5) is 238. The van der Waals surface area contributed by atoms with Crippen molar-refractivity contribution in [1.29, 1.82) is 0 Å². The van der Waals surface area contributed by atoms with E-state index in [1.807, 2.05) is 110 Å². The Kier molecular flexibility index (Phi) is 36.4. The van der Waals surface area contributed by atoms with Crippen LogP contribution in [0.25, 0.3) is 28.4 Å². The molecule has 14 fully saturated rings. The number of fused-ring (bicyclic) bond motifs is 4. The number of hydrogen-bond acceptors (Lipinski definition) is 25. The van der Waals surface area contributed by atoms with Crippen LogP contribution in [-0.2, 0) is 120 Å². The molecule has 134 heavy (non-hydrogen) atoms. The first-order chi connectivity index (χ1) is 64.1. The molecule has 0 bridgehead atoms. The largest absolute Gasteiger partial charge is 0.667 e. The molecule has 37 nitrogen and oxygen atoms in total. The van der Waals surface area contributed by atoms with E-state index < -0.39 is 78.8 Å². The van der Waals surface area contributed by atoms with Crippen molar-refractivity contribution in [2.45, 2.75) is 228 Å². The molecule has 10 aliphatic carbocycles. The van der Waals surface area contributed by atoms with Crippen molar-refractivity contribution in [2.75, 3.05) is 26.9 Å². The quantitative estimate of drug-likeness (QED) is 0.00776. The first-order valence-corrected chi connectivity index (χ1v) is 45.1. The van der Waals surface area contributed by atoms with Crippen molar-refractivity contribution < 1.29 is 131 Å². The molecule has 9 N–H and O–H groups in total. The molecule has 0 aromatic rings. The van der Waals surface area contributed by atoms with Crippen LogP contribution in [0.15, 0.2) is 24.3 Å². The van der Waals surface area contributed by atoms with Crippen LogP contribution in [0.4, 0.5) is 0 Å². The molecule has 4 radical (unpaired) electrons. The third-order valence-electron chi connectivity index (χ3n) is 32.4. The fourth-order valence-corrected chi connectivity index (χ4v) is 19.6. The Morgan fingerprint density at radius 2 is 0.866 bits per heavy atom. The predicted octanol–water partition coefficient (Wildman–Crippen LogP) is 9.00. The van der Waals surface area contributed by atoms with E-state index in [2.05, 4.69) is 65.0 Å². The van der Waals surface area contributed by atoms with Gasteiger partial charge in [-0.25, -0.2) is 4.79 Å². The summed E-state index contributed by atoms with van der Waals surface area (Å²) < 4.78 is 52.1. The first-order valence-electron chi connectivity index (χ1n) is 47.4. The summed E-state index contributed by atoms with van der Waals surface area (Å²) in [6, 6.07) is 0. The molecule has 12 amide bonds. The zero-order chi connectivity index (χ0) is 108. The van der Waals surface area contributed by atoms with Crippen molar-refractivity contribution in [1.82, 2.24) is 31.1 Å². The molecule has 4 heterocycles. The molecular weight excluding hydrogens is 1730 g/mol. The predicted molar refractivity (Wildman–Crippen MR) is 496 cm³/mol. The van der Waals surface area contributed by atoms with Gasteiger partial charge in [-0.2, -0.15) is 4.79 Å². The van der Waals surface area contributed by atoms with Gasteiger partial charge in [-0.1, -0.05) is 155 Å². The minimum absolute atomic E-state index is 0.000000000000000222. The number of carbonyl (C=O) groups excluding carboxylic acids is 21. The molecule has 4 saturated heterocycles. The summed E-state index contributed by atoms with van der Waals surface area (Å²) in [5.41, 5.74) is 14.5. The van der Waals surface area contributed by atoms with Gasteiger partial charge in [0.05, 0.1) is 92.3 Å². The lowest BCUT2D eigenvalue weighted by Gasteiger charge is -2.12. The van der Waals surface area contributed by atoms with Gasteiger partial charge in [0.2, 0.25) is 76.9 Å². The van der Waals surface area contributed by atoms with Gasteiger partial charge in [-0.05, 0) is 142 Å². The highest BCUT2D eigenvalue weighted by Crippen LogP contribution is 2.67. The molecule has 41 heteroatoms. The third kappa shape index (κ3) is 23.0. The van der Waals surface area contributed by atoms with Gasteiger partial charge in [0.25, 0.3) is 0 Å². The Balaban J connectivity index is 0.000000391. The average molecular weight is 1870 g/mol. The van der Waals surface area contributed by atoms with Crippen LogP contribution in [0.3, 0.4) is 0 Å². The third-order valence-corrected chi connectivity index (χ3v) is 32.4. The number of ketones is 4. The minimum Gasteiger partial charge on any atom is -0.667 e. The van der Waals surface area contributed by atoms with Crippen LogP contribution in [-0.4, -0.2) is 196 Å². The summed E-state index contributed by atoms with van der Waals surface area (Å²) in [5, 5.41) is 10.9. The van der Waals surface area contributed by atoms with E-state index in [0.29, 0.717) is 36.8 Å². The second-order valence-corrected chi connectivity index (χ2v) is 39.1. The van der Waals surface area contributed by atoms with Crippen LogP contribution in [0.5, 0.6) is 0 Å². The number of hydrogen-bond donors (Lipinski definition) is 5. The van der Waals surface area contributed by atoms with Crippen LogP contribution in [0.2, 0.25) is 34.4 Å². The Bertz CT molecular complexity index is 4850. The van der Waals surface area contributed by atoms with E-state index in [4.69, 9.17) is 22.1 Å². The molecule has 14 rings (SSSR count). The van der Waals surface area contributed by atoms with E-state index in [1.165, 1.54) is 40.5 Å². The number of carbonyl (C=O) groups is 21. The van der Waals surface area contributed by atoms with Crippen LogP contribution < -0.4 is 26.2 Å². The molecule has 0 aromatic heterocycles. The smallest absolute Gasteiger partial charge is 0.416 e. The topological polar surface area (TPSA) is 590 Å². The standard InChI is InChI=1S/2C9H15BNO2.2C8H14BN2O2.C8H11NO2.2C8H13NO2.C7H10N2O2.C7H9NO2.C7H8O3.C7H10O2.C7H12O2/c1-5-7(8(13)11-10-4)9(5,3)6(2)12;1-5-7(6(2)12)9(5,3)8(13)11-10-4;1-4-5(6(12)11-9-3)8(4,2)7(10)13;1-4-5(6(10)12)8(4,2)7(13)11-9-3;1-4-5-6(10)9(3)7(11)8(4,5)2;1-4-6(7(9)11)8(4,3)5(2)10;1-4-6(5(2)10)8(4,3)7(9)11;1-3-4-5-11-7(10)6(2)9-8;1-3-4-5(9)8-6(10)7(3,4)2;1-3-4-5(8)10-6(9)7(3,4)2;1-4-5-3-9-6(8)7(4,5)2;1-3-5-6-9-7(8)4-2/h2*5,7H,1-4H3,(H,11,13);2*4-5H,1-3H3,(H3,10,11,12,13);4-5H,1-3H3;2*4,6H,1-3H3,(H2,9,11);3-4H,5H2,1-2H3;3-4H,1-2H3,(H,8,9,10);3-4H,1-2H3;4-5H,3H2,1-2H3;3,5H,4,6H2,1-2H3/p-4/t5?,7-,9+;5?,7-,9-;3*4?,5-,8-;4?,6-,8+;4?,6-,8-;;2*3?,4-,7-;4?,5-,7+;/m1111111.110./s1/i/hD5. The number of ether oxygens (including phenoxy) is 4. The van der Waals surface area contributed by atoms with E-state index in [1.54, 1.807) is 130 Å². The summed E-state index contributed by atoms with van der Waals surface area (Å²) >= 11 is 0.